The summed E-state index contributed by atoms with van der Waals surface area (Å²) in [6.07, 6.45) is 13.1. The molecule has 3 fully saturated rings. The fourth-order valence-corrected chi connectivity index (χ4v) is 7.18. The third-order valence-corrected chi connectivity index (χ3v) is 8.58. The van der Waals surface area contributed by atoms with Crippen LogP contribution in [0.15, 0.2) is 18.0 Å². The highest BCUT2D eigenvalue weighted by molar-refractivity contribution is 5.78. The molecule has 2 bridgehead atoms. The average Bonchev–Trinajstić information content (AvgIpc) is 3.27. The molecule has 32 heavy (non-hydrogen) atoms. The molecule has 0 radical (unpaired) electrons. The second-order valence-electron chi connectivity index (χ2n) is 10.4. The molecule has 0 saturated carbocycles. The van der Waals surface area contributed by atoms with E-state index < -0.39 is 0 Å². The predicted molar refractivity (Wildman–Crippen MR) is 122 cm³/mol. The van der Waals surface area contributed by atoms with Gasteiger partial charge < -0.3 is 4.90 Å². The molecule has 0 unspecified atom stereocenters. The molecule has 5 heterocycles. The van der Waals surface area contributed by atoms with Crippen molar-refractivity contribution in [2.45, 2.75) is 77.3 Å². The van der Waals surface area contributed by atoms with Gasteiger partial charge in [0.15, 0.2) is 5.65 Å². The Labute approximate surface area is 189 Å². The summed E-state index contributed by atoms with van der Waals surface area (Å²) >= 11 is 0. The summed E-state index contributed by atoms with van der Waals surface area (Å²) in [6, 6.07) is 1.08. The van der Waals surface area contributed by atoms with Gasteiger partial charge in [0.05, 0.1) is 11.7 Å². The second-order valence-corrected chi connectivity index (χ2v) is 10.4. The molecule has 7 nitrogen and oxygen atoms in total. The highest BCUT2D eigenvalue weighted by atomic mass is 16.2. The van der Waals surface area contributed by atoms with Crippen molar-refractivity contribution >= 4 is 11.6 Å². The largest absolute Gasteiger partial charge is 0.336 e. The van der Waals surface area contributed by atoms with Gasteiger partial charge in [0.1, 0.15) is 6.33 Å². The van der Waals surface area contributed by atoms with Crippen molar-refractivity contribution in [3.05, 3.63) is 34.8 Å². The van der Waals surface area contributed by atoms with Gasteiger partial charge in [0.2, 0.25) is 5.91 Å². The number of carbonyl (C=O) groups excluding carboxylic acids is 1. The summed E-state index contributed by atoms with van der Waals surface area (Å²) in [5, 5.41) is 12.8. The summed E-state index contributed by atoms with van der Waals surface area (Å²) in [7, 11) is 0. The molecule has 170 valence electrons. The second kappa shape index (κ2) is 7.94. The molecule has 0 spiro atoms. The number of aryl methyl sites for hydroxylation is 2. The van der Waals surface area contributed by atoms with Crippen LogP contribution in [0.2, 0.25) is 0 Å². The van der Waals surface area contributed by atoms with E-state index in [1.54, 1.807) is 16.4 Å². The lowest BCUT2D eigenvalue weighted by atomic mass is 9.68. The zero-order chi connectivity index (χ0) is 21.8. The molecule has 1 aliphatic carbocycles. The van der Waals surface area contributed by atoms with Crippen LogP contribution in [-0.2, 0) is 11.2 Å². The van der Waals surface area contributed by atoms with Crippen LogP contribution in [0.3, 0.4) is 0 Å². The smallest absolute Gasteiger partial charge is 0.223 e. The lowest BCUT2D eigenvalue weighted by Crippen LogP contribution is -2.60. The van der Waals surface area contributed by atoms with E-state index in [0.717, 1.165) is 47.9 Å². The van der Waals surface area contributed by atoms with Gasteiger partial charge >= 0.3 is 0 Å². The minimum Gasteiger partial charge on any atom is -0.336 e. The van der Waals surface area contributed by atoms with Gasteiger partial charge in [0.25, 0.3) is 0 Å². The molecule has 7 heteroatoms. The van der Waals surface area contributed by atoms with E-state index in [4.69, 9.17) is 0 Å². The Bertz CT molecular complexity index is 1070. The Morgan fingerprint density at radius 2 is 2.09 bits per heavy atom. The maximum atomic E-state index is 13.5. The van der Waals surface area contributed by atoms with Crippen LogP contribution >= 0.6 is 0 Å². The molecule has 0 N–H and O–H groups in total. The van der Waals surface area contributed by atoms with Gasteiger partial charge in [-0.15, -0.1) is 10.2 Å². The molecule has 2 aromatic heterocycles. The van der Waals surface area contributed by atoms with E-state index in [0.29, 0.717) is 30.2 Å². The fourth-order valence-electron chi connectivity index (χ4n) is 7.18. The van der Waals surface area contributed by atoms with E-state index in [9.17, 15) is 4.79 Å². The first-order chi connectivity index (χ1) is 15.6. The average molecular weight is 435 g/mol. The van der Waals surface area contributed by atoms with Crippen LogP contribution in [0, 0.1) is 25.7 Å². The van der Waals surface area contributed by atoms with Crippen LogP contribution in [0.5, 0.6) is 0 Å². The first-order valence-electron chi connectivity index (χ1n) is 12.5. The van der Waals surface area contributed by atoms with Crippen molar-refractivity contribution in [1.29, 1.82) is 0 Å². The van der Waals surface area contributed by atoms with E-state index in [1.807, 2.05) is 6.92 Å². The Kier molecular flexibility index (Phi) is 5.05. The Morgan fingerprint density at radius 1 is 1.19 bits per heavy atom. The molecule has 3 saturated heterocycles. The number of nitrogens with zero attached hydrogens (tertiary/aromatic N) is 6. The summed E-state index contributed by atoms with van der Waals surface area (Å²) in [5.41, 5.74) is 5.55. The predicted octanol–water partition coefficient (Wildman–Crippen LogP) is 3.10. The normalized spacial score (nSPS) is 30.1. The number of piperidine rings is 3. The Hall–Kier alpha value is -2.28. The van der Waals surface area contributed by atoms with Crippen LogP contribution in [0.25, 0.3) is 5.65 Å². The number of hydrogen-bond acceptors (Lipinski definition) is 5. The van der Waals surface area contributed by atoms with E-state index in [-0.39, 0.29) is 0 Å². The molecule has 2 aromatic rings. The quantitative estimate of drug-likeness (QED) is 0.695. The van der Waals surface area contributed by atoms with Crippen LogP contribution in [0.1, 0.15) is 61.8 Å². The Balaban J connectivity index is 1.21. The van der Waals surface area contributed by atoms with Gasteiger partial charge in [-0.05, 0) is 76.3 Å². The molecule has 3 aliphatic heterocycles. The number of carbonyl (C=O) groups is 1. The van der Waals surface area contributed by atoms with Crippen molar-refractivity contribution in [1.82, 2.24) is 29.6 Å². The van der Waals surface area contributed by atoms with Gasteiger partial charge in [-0.3, -0.25) is 9.69 Å². The topological polar surface area (TPSA) is 66.6 Å². The van der Waals surface area contributed by atoms with Crippen molar-refractivity contribution in [3.8, 4) is 0 Å². The zero-order valence-electron chi connectivity index (χ0n) is 19.3. The van der Waals surface area contributed by atoms with Crippen LogP contribution in [-0.4, -0.2) is 67.2 Å². The summed E-state index contributed by atoms with van der Waals surface area (Å²) in [5.74, 6) is 1.62. The number of fused-ring (bicyclic) bond motifs is 7. The molecular weight excluding hydrogens is 400 g/mol. The number of likely N-dealkylation sites (tertiary alicyclic amines) is 1. The Morgan fingerprint density at radius 3 is 3.00 bits per heavy atom. The van der Waals surface area contributed by atoms with E-state index in [2.05, 4.69) is 38.1 Å². The van der Waals surface area contributed by atoms with Crippen LogP contribution < -0.4 is 0 Å². The first-order valence-corrected chi connectivity index (χ1v) is 12.5. The SMILES string of the molecule is Cc1nn2cnnc2c(C)c1CCC(=O)N1CCCC2=C[C@@H]3C[C@@H](CN4CCCC[C@H]34)[C@@H]21. The molecular formula is C25H34N6O. The minimum atomic E-state index is 0.306. The number of amides is 1. The van der Waals surface area contributed by atoms with Crippen molar-refractivity contribution in [2.24, 2.45) is 11.8 Å². The van der Waals surface area contributed by atoms with Gasteiger partial charge in [-0.2, -0.15) is 5.10 Å². The fraction of sp³-hybridized carbons (Fsp3) is 0.680. The number of aromatic nitrogens is 4. The monoisotopic (exact) mass is 434 g/mol. The highest BCUT2D eigenvalue weighted by Crippen LogP contribution is 2.45. The highest BCUT2D eigenvalue weighted by Gasteiger charge is 2.46. The standard InChI is InChI=1S/C25H34N6O/c1-16-21(17(2)28-31-15-26-27-25(16)31)8-9-23(32)30-11-5-6-18-12-19-13-20(24(18)30)14-29-10-4-3-7-22(19)29/h12,15,19-20,22,24H,3-11,13-14H2,1-2H3/t19-,20+,22-,24-/m1/s1. The molecule has 4 aliphatic rings. The van der Waals surface area contributed by atoms with Crippen molar-refractivity contribution < 1.29 is 4.79 Å². The van der Waals surface area contributed by atoms with Gasteiger partial charge in [0, 0.05) is 31.1 Å². The maximum Gasteiger partial charge on any atom is 0.223 e. The van der Waals surface area contributed by atoms with E-state index in [1.165, 1.54) is 45.2 Å². The molecule has 4 atom stereocenters. The van der Waals surface area contributed by atoms with Crippen LogP contribution in [0.4, 0.5) is 0 Å². The molecule has 1 amide bonds. The first kappa shape index (κ1) is 20.3. The summed E-state index contributed by atoms with van der Waals surface area (Å²) in [4.78, 5) is 18.5. The summed E-state index contributed by atoms with van der Waals surface area (Å²) in [6.45, 7) is 7.42. The minimum absolute atomic E-state index is 0.306. The van der Waals surface area contributed by atoms with E-state index >= 15 is 0 Å². The summed E-state index contributed by atoms with van der Waals surface area (Å²) < 4.78 is 1.73. The van der Waals surface area contributed by atoms with Gasteiger partial charge in [-0.25, -0.2) is 4.52 Å². The lowest BCUT2D eigenvalue weighted by Gasteiger charge is -2.54. The third-order valence-electron chi connectivity index (χ3n) is 8.58. The maximum absolute atomic E-state index is 13.5. The lowest BCUT2D eigenvalue weighted by molar-refractivity contribution is -0.136. The number of hydrogen-bond donors (Lipinski definition) is 0. The van der Waals surface area contributed by atoms with Crippen molar-refractivity contribution in [3.63, 3.8) is 0 Å². The molecule has 0 aromatic carbocycles. The third kappa shape index (κ3) is 3.28. The number of rotatable bonds is 3. The molecule has 6 rings (SSSR count). The van der Waals surface area contributed by atoms with Gasteiger partial charge in [-0.1, -0.05) is 18.1 Å². The van der Waals surface area contributed by atoms with Crippen molar-refractivity contribution in [2.75, 3.05) is 19.6 Å². The zero-order valence-corrected chi connectivity index (χ0v) is 19.3.